The molecule has 0 aromatic heterocycles. The lowest BCUT2D eigenvalue weighted by molar-refractivity contribution is -0.115. The first-order valence-electron chi connectivity index (χ1n) is 10.8. The van der Waals surface area contributed by atoms with E-state index >= 15 is 0 Å². The lowest BCUT2D eigenvalue weighted by Crippen LogP contribution is -2.46. The predicted molar refractivity (Wildman–Crippen MR) is 128 cm³/mol. The van der Waals surface area contributed by atoms with Gasteiger partial charge >= 0.3 is 5.97 Å². The van der Waals surface area contributed by atoms with Gasteiger partial charge in [0.15, 0.2) is 0 Å². The Morgan fingerprint density at radius 1 is 0.844 bits per heavy atom. The number of carbonyl (C=O) groups is 2. The SMILES string of the molecule is Cc1ccc(CC(=O)Nc2ccc(N3CCN(c4ccccc4)CC3)cc2C(=O)O)cc1. The van der Waals surface area contributed by atoms with Gasteiger partial charge in [-0.25, -0.2) is 4.79 Å². The highest BCUT2D eigenvalue weighted by molar-refractivity contribution is 6.01. The van der Waals surface area contributed by atoms with Crippen LogP contribution in [0.4, 0.5) is 17.1 Å². The summed E-state index contributed by atoms with van der Waals surface area (Å²) >= 11 is 0. The number of anilines is 3. The molecule has 6 heteroatoms. The van der Waals surface area contributed by atoms with Gasteiger partial charge in [-0.15, -0.1) is 0 Å². The second-order valence-electron chi connectivity index (χ2n) is 8.06. The Balaban J connectivity index is 1.43. The Morgan fingerprint density at radius 2 is 1.47 bits per heavy atom. The zero-order chi connectivity index (χ0) is 22.5. The predicted octanol–water partition coefficient (Wildman–Crippen LogP) is 4.20. The summed E-state index contributed by atoms with van der Waals surface area (Å²) in [4.78, 5) is 28.9. The van der Waals surface area contributed by atoms with Gasteiger partial charge in [-0.05, 0) is 42.8 Å². The number of para-hydroxylation sites is 1. The van der Waals surface area contributed by atoms with Crippen LogP contribution in [0.1, 0.15) is 21.5 Å². The maximum atomic E-state index is 12.5. The Kier molecular flexibility index (Phi) is 6.40. The van der Waals surface area contributed by atoms with Crippen LogP contribution in [0, 0.1) is 6.92 Å². The van der Waals surface area contributed by atoms with Gasteiger partial charge in [-0.2, -0.15) is 0 Å². The molecule has 1 aliphatic rings. The van der Waals surface area contributed by atoms with E-state index in [9.17, 15) is 14.7 Å². The Labute approximate surface area is 188 Å². The zero-order valence-corrected chi connectivity index (χ0v) is 18.1. The molecule has 0 bridgehead atoms. The summed E-state index contributed by atoms with van der Waals surface area (Å²) in [6, 6.07) is 23.2. The van der Waals surface area contributed by atoms with Gasteiger partial charge in [0.25, 0.3) is 0 Å². The zero-order valence-electron chi connectivity index (χ0n) is 18.1. The molecule has 164 valence electrons. The summed E-state index contributed by atoms with van der Waals surface area (Å²) in [6.45, 7) is 5.31. The molecule has 6 nitrogen and oxygen atoms in total. The van der Waals surface area contributed by atoms with Gasteiger partial charge in [0.1, 0.15) is 0 Å². The first kappa shape index (κ1) is 21.4. The van der Waals surface area contributed by atoms with Crippen molar-refractivity contribution in [1.29, 1.82) is 0 Å². The minimum atomic E-state index is -1.06. The number of nitrogens with zero attached hydrogens (tertiary/aromatic N) is 2. The highest BCUT2D eigenvalue weighted by atomic mass is 16.4. The van der Waals surface area contributed by atoms with Crippen molar-refractivity contribution in [1.82, 2.24) is 0 Å². The van der Waals surface area contributed by atoms with Crippen molar-refractivity contribution >= 4 is 28.9 Å². The van der Waals surface area contributed by atoms with Crippen LogP contribution in [0.2, 0.25) is 0 Å². The molecule has 3 aromatic carbocycles. The minimum Gasteiger partial charge on any atom is -0.478 e. The fourth-order valence-electron chi connectivity index (χ4n) is 3.96. The van der Waals surface area contributed by atoms with Gasteiger partial charge in [0, 0.05) is 37.6 Å². The van der Waals surface area contributed by atoms with E-state index in [0.717, 1.165) is 43.0 Å². The standard InChI is InChI=1S/C26H27N3O3/c1-19-7-9-20(10-8-19)17-25(30)27-24-12-11-22(18-23(24)26(31)32)29-15-13-28(14-16-29)21-5-3-2-4-6-21/h2-12,18H,13-17H2,1H3,(H,27,30)(H,31,32). The number of carboxylic acids is 1. The van der Waals surface area contributed by atoms with E-state index in [1.54, 1.807) is 12.1 Å². The summed E-state index contributed by atoms with van der Waals surface area (Å²) < 4.78 is 0. The van der Waals surface area contributed by atoms with Gasteiger partial charge in [0.05, 0.1) is 17.7 Å². The van der Waals surface area contributed by atoms with E-state index in [1.165, 1.54) is 5.69 Å². The third kappa shape index (κ3) is 5.09. The van der Waals surface area contributed by atoms with Gasteiger partial charge in [-0.1, -0.05) is 48.0 Å². The molecule has 1 aliphatic heterocycles. The molecule has 3 aromatic rings. The molecular weight excluding hydrogens is 402 g/mol. The first-order chi connectivity index (χ1) is 15.5. The van der Waals surface area contributed by atoms with Crippen molar-refractivity contribution in [3.05, 3.63) is 89.5 Å². The first-order valence-corrected chi connectivity index (χ1v) is 10.8. The molecule has 0 atom stereocenters. The topological polar surface area (TPSA) is 72.9 Å². The quantitative estimate of drug-likeness (QED) is 0.614. The van der Waals surface area contributed by atoms with Crippen LogP contribution in [0.25, 0.3) is 0 Å². The monoisotopic (exact) mass is 429 g/mol. The number of amides is 1. The average molecular weight is 430 g/mol. The number of hydrogen-bond donors (Lipinski definition) is 2. The molecule has 1 fully saturated rings. The number of nitrogens with one attached hydrogen (secondary N) is 1. The van der Waals surface area contributed by atoms with Gasteiger partial charge in [0.2, 0.25) is 5.91 Å². The molecule has 0 radical (unpaired) electrons. The van der Waals surface area contributed by atoms with Crippen LogP contribution in [0.15, 0.2) is 72.8 Å². The lowest BCUT2D eigenvalue weighted by atomic mass is 10.1. The molecular formula is C26H27N3O3. The van der Waals surface area contributed by atoms with Crippen molar-refractivity contribution in [3.63, 3.8) is 0 Å². The Morgan fingerprint density at radius 3 is 2.09 bits per heavy atom. The second kappa shape index (κ2) is 9.56. The van der Waals surface area contributed by atoms with Crippen LogP contribution in [-0.2, 0) is 11.2 Å². The minimum absolute atomic E-state index is 0.102. The number of aromatic carboxylic acids is 1. The number of aryl methyl sites for hydroxylation is 1. The third-order valence-electron chi connectivity index (χ3n) is 5.76. The number of hydrogen-bond acceptors (Lipinski definition) is 4. The average Bonchev–Trinajstić information content (AvgIpc) is 2.81. The number of rotatable bonds is 6. The summed E-state index contributed by atoms with van der Waals surface area (Å²) in [5.74, 6) is -1.29. The summed E-state index contributed by atoms with van der Waals surface area (Å²) in [5.41, 5.74) is 4.49. The Hall–Kier alpha value is -3.80. The van der Waals surface area contributed by atoms with E-state index in [4.69, 9.17) is 0 Å². The highest BCUT2D eigenvalue weighted by Crippen LogP contribution is 2.26. The molecule has 1 amide bonds. The van der Waals surface area contributed by atoms with Crippen molar-refractivity contribution in [2.24, 2.45) is 0 Å². The van der Waals surface area contributed by atoms with Crippen molar-refractivity contribution in [3.8, 4) is 0 Å². The smallest absolute Gasteiger partial charge is 0.337 e. The van der Waals surface area contributed by atoms with Gasteiger partial charge < -0.3 is 20.2 Å². The molecule has 1 saturated heterocycles. The van der Waals surface area contributed by atoms with Gasteiger partial charge in [-0.3, -0.25) is 4.79 Å². The third-order valence-corrected chi connectivity index (χ3v) is 5.76. The normalized spacial score (nSPS) is 13.7. The van der Waals surface area contributed by atoms with E-state index < -0.39 is 5.97 Å². The van der Waals surface area contributed by atoms with Crippen molar-refractivity contribution < 1.29 is 14.7 Å². The molecule has 2 N–H and O–H groups in total. The van der Waals surface area contributed by atoms with Crippen LogP contribution < -0.4 is 15.1 Å². The van der Waals surface area contributed by atoms with Crippen molar-refractivity contribution in [2.75, 3.05) is 41.3 Å². The van der Waals surface area contributed by atoms with E-state index in [2.05, 4.69) is 27.2 Å². The maximum Gasteiger partial charge on any atom is 0.337 e. The number of carbonyl (C=O) groups excluding carboxylic acids is 1. The highest BCUT2D eigenvalue weighted by Gasteiger charge is 2.20. The number of carboxylic acid groups (broad SMARTS) is 1. The number of benzene rings is 3. The Bertz CT molecular complexity index is 1090. The molecule has 0 aliphatic carbocycles. The molecule has 0 saturated carbocycles. The fourth-order valence-corrected chi connectivity index (χ4v) is 3.96. The molecule has 32 heavy (non-hydrogen) atoms. The summed E-state index contributed by atoms with van der Waals surface area (Å²) in [5, 5.41) is 12.5. The molecule has 1 heterocycles. The fraction of sp³-hybridized carbons (Fsp3) is 0.231. The second-order valence-corrected chi connectivity index (χ2v) is 8.06. The van der Waals surface area contributed by atoms with E-state index in [0.29, 0.717) is 5.69 Å². The van der Waals surface area contributed by atoms with Crippen LogP contribution in [0.5, 0.6) is 0 Å². The van der Waals surface area contributed by atoms with Crippen LogP contribution in [-0.4, -0.2) is 43.2 Å². The summed E-state index contributed by atoms with van der Waals surface area (Å²) in [7, 11) is 0. The van der Waals surface area contributed by atoms with E-state index in [-0.39, 0.29) is 17.9 Å². The number of piperazine rings is 1. The molecule has 0 spiro atoms. The van der Waals surface area contributed by atoms with E-state index in [1.807, 2.05) is 55.5 Å². The molecule has 4 rings (SSSR count). The largest absolute Gasteiger partial charge is 0.478 e. The van der Waals surface area contributed by atoms with Crippen LogP contribution in [0.3, 0.4) is 0 Å². The maximum absolute atomic E-state index is 12.5. The summed E-state index contributed by atoms with van der Waals surface area (Å²) in [6.07, 6.45) is 0.197. The molecule has 0 unspecified atom stereocenters. The van der Waals surface area contributed by atoms with Crippen molar-refractivity contribution in [2.45, 2.75) is 13.3 Å². The lowest BCUT2D eigenvalue weighted by Gasteiger charge is -2.37. The van der Waals surface area contributed by atoms with Crippen LogP contribution >= 0.6 is 0 Å².